The van der Waals surface area contributed by atoms with Gasteiger partial charge in [-0.05, 0) is 24.7 Å². The van der Waals surface area contributed by atoms with Gasteiger partial charge in [0.05, 0.1) is 6.61 Å². The van der Waals surface area contributed by atoms with Crippen LogP contribution in [0.15, 0.2) is 0 Å². The number of aliphatic carboxylic acids is 1. The summed E-state index contributed by atoms with van der Waals surface area (Å²) in [5.41, 5.74) is 0. The molecule has 0 saturated carbocycles. The minimum atomic E-state index is -1.25. The van der Waals surface area contributed by atoms with Gasteiger partial charge in [0.15, 0.2) is 6.04 Å². The zero-order valence-corrected chi connectivity index (χ0v) is 12.9. The van der Waals surface area contributed by atoms with Crippen molar-refractivity contribution in [1.82, 2.24) is 10.2 Å². The van der Waals surface area contributed by atoms with Crippen molar-refractivity contribution in [1.29, 1.82) is 0 Å². The number of hydrogen-bond donors (Lipinski definition) is 3. The Morgan fingerprint density at radius 3 is 1.80 bits per heavy atom. The predicted molar refractivity (Wildman–Crippen MR) is 77.5 cm³/mol. The standard InChI is InChI=1S/C14H28N2O4/c1-10(2)5-7-16(8-6-11(3)4)14(20)15-12(9-17)13(18)19/h10-12,17H,5-9H2,1-4H3,(H,15,20)(H,18,19). The Kier molecular flexibility index (Phi) is 8.96. The predicted octanol–water partition coefficient (Wildman–Crippen LogP) is 1.54. The Morgan fingerprint density at radius 1 is 1.05 bits per heavy atom. The van der Waals surface area contributed by atoms with E-state index in [2.05, 4.69) is 33.0 Å². The molecule has 20 heavy (non-hydrogen) atoms. The van der Waals surface area contributed by atoms with Crippen LogP contribution >= 0.6 is 0 Å². The zero-order chi connectivity index (χ0) is 15.7. The van der Waals surface area contributed by atoms with Crippen LogP contribution < -0.4 is 5.32 Å². The third kappa shape index (κ3) is 7.99. The lowest BCUT2D eigenvalue weighted by atomic mass is 10.1. The van der Waals surface area contributed by atoms with Crippen LogP contribution in [0, 0.1) is 11.8 Å². The van der Waals surface area contributed by atoms with Crippen LogP contribution in [-0.2, 0) is 4.79 Å². The maximum absolute atomic E-state index is 12.1. The van der Waals surface area contributed by atoms with E-state index in [1.165, 1.54) is 0 Å². The summed E-state index contributed by atoms with van der Waals surface area (Å²) >= 11 is 0. The number of carbonyl (C=O) groups excluding carboxylic acids is 1. The topological polar surface area (TPSA) is 89.9 Å². The number of urea groups is 1. The first-order valence-electron chi connectivity index (χ1n) is 7.17. The lowest BCUT2D eigenvalue weighted by Crippen LogP contribution is -2.50. The number of nitrogens with zero attached hydrogens (tertiary/aromatic N) is 1. The van der Waals surface area contributed by atoms with E-state index in [1.54, 1.807) is 4.90 Å². The normalized spacial score (nSPS) is 12.6. The summed E-state index contributed by atoms with van der Waals surface area (Å²) in [7, 11) is 0. The Labute approximate surface area is 121 Å². The number of carboxylic acids is 1. The van der Waals surface area contributed by atoms with E-state index in [1.807, 2.05) is 0 Å². The molecule has 0 aliphatic carbocycles. The molecule has 0 bridgehead atoms. The molecule has 0 saturated heterocycles. The highest BCUT2D eigenvalue weighted by atomic mass is 16.4. The first-order valence-corrected chi connectivity index (χ1v) is 7.17. The molecule has 0 aromatic heterocycles. The highest BCUT2D eigenvalue weighted by Crippen LogP contribution is 2.07. The molecule has 0 aromatic carbocycles. The van der Waals surface area contributed by atoms with Gasteiger partial charge in [0.25, 0.3) is 0 Å². The second kappa shape index (κ2) is 9.58. The van der Waals surface area contributed by atoms with E-state index in [0.29, 0.717) is 24.9 Å². The van der Waals surface area contributed by atoms with Crippen LogP contribution in [-0.4, -0.2) is 52.9 Å². The number of hydrogen-bond acceptors (Lipinski definition) is 3. The average molecular weight is 288 g/mol. The summed E-state index contributed by atoms with van der Waals surface area (Å²) in [6.07, 6.45) is 1.73. The van der Waals surface area contributed by atoms with Crippen molar-refractivity contribution < 1.29 is 19.8 Å². The molecule has 0 fully saturated rings. The molecule has 3 N–H and O–H groups in total. The molecule has 0 radical (unpaired) electrons. The number of carboxylic acid groups (broad SMARTS) is 1. The molecule has 118 valence electrons. The Bertz CT molecular complexity index is 294. The number of carbonyl (C=O) groups is 2. The monoisotopic (exact) mass is 288 g/mol. The van der Waals surface area contributed by atoms with Crippen molar-refractivity contribution in [3.05, 3.63) is 0 Å². The second-order valence-electron chi connectivity index (χ2n) is 5.87. The fourth-order valence-corrected chi connectivity index (χ4v) is 1.57. The van der Waals surface area contributed by atoms with Crippen molar-refractivity contribution in [2.24, 2.45) is 11.8 Å². The van der Waals surface area contributed by atoms with Crippen LogP contribution in [0.1, 0.15) is 40.5 Å². The van der Waals surface area contributed by atoms with Gasteiger partial charge in [0.2, 0.25) is 0 Å². The maximum atomic E-state index is 12.1. The van der Waals surface area contributed by atoms with E-state index in [4.69, 9.17) is 10.2 Å². The Morgan fingerprint density at radius 2 is 1.50 bits per heavy atom. The first kappa shape index (κ1) is 18.7. The molecule has 0 aliphatic heterocycles. The third-order valence-electron chi connectivity index (χ3n) is 3.02. The van der Waals surface area contributed by atoms with E-state index < -0.39 is 24.6 Å². The van der Waals surface area contributed by atoms with Gasteiger partial charge in [-0.2, -0.15) is 0 Å². The maximum Gasteiger partial charge on any atom is 0.328 e. The second-order valence-corrected chi connectivity index (χ2v) is 5.87. The lowest BCUT2D eigenvalue weighted by Gasteiger charge is -2.26. The van der Waals surface area contributed by atoms with Crippen molar-refractivity contribution in [3.63, 3.8) is 0 Å². The van der Waals surface area contributed by atoms with E-state index >= 15 is 0 Å². The molecule has 1 atom stereocenters. The van der Waals surface area contributed by atoms with E-state index in [9.17, 15) is 9.59 Å². The molecule has 6 nitrogen and oxygen atoms in total. The lowest BCUT2D eigenvalue weighted by molar-refractivity contribution is -0.140. The van der Waals surface area contributed by atoms with Gasteiger partial charge >= 0.3 is 12.0 Å². The molecule has 6 heteroatoms. The van der Waals surface area contributed by atoms with Crippen LogP contribution in [0.2, 0.25) is 0 Å². The largest absolute Gasteiger partial charge is 0.480 e. The number of amides is 2. The molecular weight excluding hydrogens is 260 g/mol. The summed E-state index contributed by atoms with van der Waals surface area (Å²) in [6.45, 7) is 8.88. The van der Waals surface area contributed by atoms with Crippen LogP contribution in [0.3, 0.4) is 0 Å². The average Bonchev–Trinajstić information content (AvgIpc) is 2.34. The zero-order valence-electron chi connectivity index (χ0n) is 12.9. The number of nitrogens with one attached hydrogen (secondary N) is 1. The summed E-state index contributed by atoms with van der Waals surface area (Å²) in [4.78, 5) is 24.5. The van der Waals surface area contributed by atoms with Crippen molar-refractivity contribution >= 4 is 12.0 Å². The smallest absolute Gasteiger partial charge is 0.328 e. The summed E-state index contributed by atoms with van der Waals surface area (Å²) in [5.74, 6) is -0.288. The quantitative estimate of drug-likeness (QED) is 0.600. The number of aliphatic hydroxyl groups excluding tert-OH is 1. The molecule has 0 spiro atoms. The van der Waals surface area contributed by atoms with Crippen molar-refractivity contribution in [2.45, 2.75) is 46.6 Å². The minimum absolute atomic E-state index is 0.423. The van der Waals surface area contributed by atoms with Gasteiger partial charge in [-0.1, -0.05) is 27.7 Å². The van der Waals surface area contributed by atoms with Gasteiger partial charge in [0.1, 0.15) is 0 Å². The number of aliphatic hydroxyl groups is 1. The molecule has 1 unspecified atom stereocenters. The van der Waals surface area contributed by atoms with Crippen LogP contribution in [0.5, 0.6) is 0 Å². The van der Waals surface area contributed by atoms with Crippen LogP contribution in [0.25, 0.3) is 0 Å². The third-order valence-corrected chi connectivity index (χ3v) is 3.02. The molecule has 0 heterocycles. The fourth-order valence-electron chi connectivity index (χ4n) is 1.57. The Balaban J connectivity index is 4.55. The summed E-state index contributed by atoms with van der Waals surface area (Å²) in [6, 6.07) is -1.67. The summed E-state index contributed by atoms with van der Waals surface area (Å²) < 4.78 is 0. The van der Waals surface area contributed by atoms with Crippen molar-refractivity contribution in [3.8, 4) is 0 Å². The SMILES string of the molecule is CC(C)CCN(CCC(C)C)C(=O)NC(CO)C(=O)O. The highest BCUT2D eigenvalue weighted by Gasteiger charge is 2.22. The Hall–Kier alpha value is -1.30. The molecule has 0 aliphatic rings. The molecular formula is C14H28N2O4. The molecule has 0 aromatic rings. The van der Waals surface area contributed by atoms with E-state index in [0.717, 1.165) is 12.8 Å². The molecule has 0 rings (SSSR count). The molecule has 2 amide bonds. The highest BCUT2D eigenvalue weighted by molar-refractivity contribution is 5.82. The first-order chi connectivity index (χ1) is 9.27. The van der Waals surface area contributed by atoms with Gasteiger partial charge in [-0.25, -0.2) is 9.59 Å². The van der Waals surface area contributed by atoms with Gasteiger partial charge in [-0.15, -0.1) is 0 Å². The van der Waals surface area contributed by atoms with Crippen LogP contribution in [0.4, 0.5) is 4.79 Å². The van der Waals surface area contributed by atoms with E-state index in [-0.39, 0.29) is 0 Å². The van der Waals surface area contributed by atoms with Gasteiger partial charge in [-0.3, -0.25) is 0 Å². The fraction of sp³-hybridized carbons (Fsp3) is 0.857. The minimum Gasteiger partial charge on any atom is -0.480 e. The number of rotatable bonds is 9. The van der Waals surface area contributed by atoms with Crippen molar-refractivity contribution in [2.75, 3.05) is 19.7 Å². The van der Waals surface area contributed by atoms with Gasteiger partial charge < -0.3 is 20.4 Å². The summed E-state index contributed by atoms with van der Waals surface area (Å²) in [5, 5.41) is 20.1. The van der Waals surface area contributed by atoms with Gasteiger partial charge in [0, 0.05) is 13.1 Å².